The van der Waals surface area contributed by atoms with Crippen molar-refractivity contribution < 1.29 is 22.7 Å². The Morgan fingerprint density at radius 2 is 1.83 bits per heavy atom. The Hall–Kier alpha value is -2.12. The molecule has 1 aliphatic rings. The average Bonchev–Trinajstić information content (AvgIpc) is 3.17. The summed E-state index contributed by atoms with van der Waals surface area (Å²) in [4.78, 5) is 14.6. The van der Waals surface area contributed by atoms with Crippen LogP contribution in [0.2, 0.25) is 10.0 Å². The SMILES string of the molecule is CC(Oc1ccc(Cl)cc1Cl)C(=O)Nc1cc(C(F)(F)F)ccc1N1CCCC1. The summed E-state index contributed by atoms with van der Waals surface area (Å²) >= 11 is 11.9. The first-order valence-corrected chi connectivity index (χ1v) is 9.79. The molecule has 1 heterocycles. The third-order valence-corrected chi connectivity index (χ3v) is 5.13. The molecule has 1 atom stereocenters. The van der Waals surface area contributed by atoms with Crippen LogP contribution < -0.4 is 15.0 Å². The van der Waals surface area contributed by atoms with Crippen LogP contribution in [-0.2, 0) is 11.0 Å². The van der Waals surface area contributed by atoms with Crippen LogP contribution in [0.25, 0.3) is 0 Å². The van der Waals surface area contributed by atoms with E-state index < -0.39 is 23.8 Å². The normalized spacial score (nSPS) is 15.3. The summed E-state index contributed by atoms with van der Waals surface area (Å²) in [5.41, 5.74) is -0.171. The van der Waals surface area contributed by atoms with Gasteiger partial charge in [0.2, 0.25) is 0 Å². The number of alkyl halides is 3. The summed E-state index contributed by atoms with van der Waals surface area (Å²) in [7, 11) is 0. The molecule has 1 aliphatic heterocycles. The van der Waals surface area contributed by atoms with Crippen LogP contribution in [0.15, 0.2) is 36.4 Å². The lowest BCUT2D eigenvalue weighted by molar-refractivity contribution is -0.137. The van der Waals surface area contributed by atoms with Crippen LogP contribution in [0.1, 0.15) is 25.3 Å². The summed E-state index contributed by atoms with van der Waals surface area (Å²) in [6.45, 7) is 2.94. The zero-order valence-electron chi connectivity index (χ0n) is 15.5. The second-order valence-electron chi connectivity index (χ2n) is 6.75. The summed E-state index contributed by atoms with van der Waals surface area (Å²) < 4.78 is 45.0. The third-order valence-electron chi connectivity index (χ3n) is 4.60. The van der Waals surface area contributed by atoms with Gasteiger partial charge >= 0.3 is 6.18 Å². The van der Waals surface area contributed by atoms with Crippen molar-refractivity contribution in [3.8, 4) is 5.75 Å². The van der Waals surface area contributed by atoms with Crippen molar-refractivity contribution in [3.63, 3.8) is 0 Å². The molecule has 1 fully saturated rings. The monoisotopic (exact) mass is 446 g/mol. The highest BCUT2D eigenvalue weighted by Gasteiger charge is 2.32. The van der Waals surface area contributed by atoms with Crippen LogP contribution in [0.4, 0.5) is 24.5 Å². The Labute approximate surface area is 176 Å². The van der Waals surface area contributed by atoms with E-state index in [2.05, 4.69) is 5.32 Å². The predicted molar refractivity (Wildman–Crippen MR) is 108 cm³/mol. The largest absolute Gasteiger partial charge is 0.479 e. The smallest absolute Gasteiger partial charge is 0.416 e. The van der Waals surface area contributed by atoms with Crippen molar-refractivity contribution in [2.75, 3.05) is 23.3 Å². The zero-order chi connectivity index (χ0) is 21.2. The Bertz CT molecular complexity index is 900. The number of amides is 1. The first-order valence-electron chi connectivity index (χ1n) is 9.04. The molecule has 1 unspecified atom stereocenters. The van der Waals surface area contributed by atoms with Gasteiger partial charge < -0.3 is 15.0 Å². The average molecular weight is 447 g/mol. The number of rotatable bonds is 5. The predicted octanol–water partition coefficient (Wildman–Crippen LogP) is 6.02. The van der Waals surface area contributed by atoms with Crippen molar-refractivity contribution in [3.05, 3.63) is 52.0 Å². The molecule has 0 aromatic heterocycles. The molecule has 1 N–H and O–H groups in total. The molecule has 3 rings (SSSR count). The van der Waals surface area contributed by atoms with Gasteiger partial charge in [0.1, 0.15) is 5.75 Å². The van der Waals surface area contributed by atoms with Crippen molar-refractivity contribution in [1.82, 2.24) is 0 Å². The van der Waals surface area contributed by atoms with Crippen LogP contribution in [0, 0.1) is 0 Å². The molecule has 1 amide bonds. The van der Waals surface area contributed by atoms with Gasteiger partial charge in [-0.05, 0) is 56.2 Å². The molecule has 9 heteroatoms. The van der Waals surface area contributed by atoms with Gasteiger partial charge in [-0.2, -0.15) is 13.2 Å². The lowest BCUT2D eigenvalue weighted by Crippen LogP contribution is -2.31. The minimum Gasteiger partial charge on any atom is -0.479 e. The number of ether oxygens (including phenoxy) is 1. The van der Waals surface area contributed by atoms with Crippen molar-refractivity contribution >= 4 is 40.5 Å². The van der Waals surface area contributed by atoms with Gasteiger partial charge in [0.15, 0.2) is 6.10 Å². The van der Waals surface area contributed by atoms with E-state index in [9.17, 15) is 18.0 Å². The highest BCUT2D eigenvalue weighted by atomic mass is 35.5. The number of nitrogens with one attached hydrogen (secondary N) is 1. The van der Waals surface area contributed by atoms with Crippen LogP contribution in [0.3, 0.4) is 0 Å². The molecule has 0 spiro atoms. The Kier molecular flexibility index (Phi) is 6.49. The molecule has 1 saturated heterocycles. The van der Waals surface area contributed by atoms with E-state index in [1.807, 2.05) is 4.90 Å². The Balaban J connectivity index is 1.81. The molecule has 0 saturated carbocycles. The van der Waals surface area contributed by atoms with E-state index in [0.29, 0.717) is 10.7 Å². The zero-order valence-corrected chi connectivity index (χ0v) is 17.0. The number of carbonyl (C=O) groups is 1. The summed E-state index contributed by atoms with van der Waals surface area (Å²) in [5, 5.41) is 3.22. The van der Waals surface area contributed by atoms with Gasteiger partial charge in [-0.15, -0.1) is 0 Å². The molecule has 0 bridgehead atoms. The van der Waals surface area contributed by atoms with E-state index >= 15 is 0 Å². The van der Waals surface area contributed by atoms with E-state index in [4.69, 9.17) is 27.9 Å². The van der Waals surface area contributed by atoms with E-state index in [0.717, 1.165) is 38.1 Å². The lowest BCUT2D eigenvalue weighted by Gasteiger charge is -2.24. The molecule has 0 aliphatic carbocycles. The quantitative estimate of drug-likeness (QED) is 0.610. The standard InChI is InChI=1S/C20H19Cl2F3N2O2/c1-12(29-18-7-5-14(21)11-15(18)22)19(28)26-16-10-13(20(23,24)25)4-6-17(16)27-8-2-3-9-27/h4-7,10-12H,2-3,8-9H2,1H3,(H,26,28). The van der Waals surface area contributed by atoms with Crippen LogP contribution >= 0.6 is 23.2 Å². The maximum Gasteiger partial charge on any atom is 0.416 e. The molecular formula is C20H19Cl2F3N2O2. The maximum absolute atomic E-state index is 13.2. The topological polar surface area (TPSA) is 41.6 Å². The number of carbonyl (C=O) groups excluding carboxylic acids is 1. The number of hydrogen-bond acceptors (Lipinski definition) is 3. The minimum absolute atomic E-state index is 0.101. The van der Waals surface area contributed by atoms with Crippen molar-refractivity contribution in [2.45, 2.75) is 32.0 Å². The summed E-state index contributed by atoms with van der Waals surface area (Å²) in [5.74, 6) is -0.335. The fourth-order valence-corrected chi connectivity index (χ4v) is 3.55. The van der Waals surface area contributed by atoms with E-state index in [1.165, 1.54) is 25.1 Å². The van der Waals surface area contributed by atoms with E-state index in [-0.39, 0.29) is 16.5 Å². The summed E-state index contributed by atoms with van der Waals surface area (Å²) in [6, 6.07) is 7.93. The number of benzene rings is 2. The number of hydrogen-bond donors (Lipinski definition) is 1. The highest BCUT2D eigenvalue weighted by Crippen LogP contribution is 2.37. The second-order valence-corrected chi connectivity index (χ2v) is 7.59. The number of nitrogens with zero attached hydrogens (tertiary/aromatic N) is 1. The molecular weight excluding hydrogens is 428 g/mol. The highest BCUT2D eigenvalue weighted by molar-refractivity contribution is 6.35. The van der Waals surface area contributed by atoms with Crippen LogP contribution in [0.5, 0.6) is 5.75 Å². The molecule has 2 aromatic rings. The fraction of sp³-hybridized carbons (Fsp3) is 0.350. The van der Waals surface area contributed by atoms with E-state index in [1.54, 1.807) is 6.07 Å². The second kappa shape index (κ2) is 8.71. The maximum atomic E-state index is 13.2. The summed E-state index contributed by atoms with van der Waals surface area (Å²) in [6.07, 6.45) is -3.61. The van der Waals surface area contributed by atoms with Gasteiger partial charge in [0.25, 0.3) is 5.91 Å². The van der Waals surface area contributed by atoms with Gasteiger partial charge in [-0.25, -0.2) is 0 Å². The molecule has 29 heavy (non-hydrogen) atoms. The Morgan fingerprint density at radius 1 is 1.14 bits per heavy atom. The molecule has 156 valence electrons. The number of halogens is 5. The lowest BCUT2D eigenvalue weighted by atomic mass is 10.1. The van der Waals surface area contributed by atoms with Crippen LogP contribution in [-0.4, -0.2) is 25.1 Å². The first kappa shape index (κ1) is 21.6. The van der Waals surface area contributed by atoms with Gasteiger partial charge in [-0.1, -0.05) is 23.2 Å². The van der Waals surface area contributed by atoms with Gasteiger partial charge in [0, 0.05) is 18.1 Å². The molecule has 4 nitrogen and oxygen atoms in total. The van der Waals surface area contributed by atoms with Gasteiger partial charge in [-0.3, -0.25) is 4.79 Å². The van der Waals surface area contributed by atoms with Crippen molar-refractivity contribution in [2.24, 2.45) is 0 Å². The van der Waals surface area contributed by atoms with Gasteiger partial charge in [0.05, 0.1) is 22.0 Å². The minimum atomic E-state index is -4.51. The molecule has 2 aromatic carbocycles. The Morgan fingerprint density at radius 3 is 2.45 bits per heavy atom. The van der Waals surface area contributed by atoms with Crippen molar-refractivity contribution in [1.29, 1.82) is 0 Å². The molecule has 0 radical (unpaired) electrons. The third kappa shape index (κ3) is 5.28. The first-order chi connectivity index (χ1) is 13.6. The fourth-order valence-electron chi connectivity index (χ4n) is 3.10. The number of anilines is 2.